The second-order valence-corrected chi connectivity index (χ2v) is 5.13. The van der Waals surface area contributed by atoms with Crippen LogP contribution < -0.4 is 10.5 Å². The Morgan fingerprint density at radius 2 is 2.00 bits per heavy atom. The Bertz CT molecular complexity index is 618. The number of anilines is 1. The molecule has 0 amide bonds. The summed E-state index contributed by atoms with van der Waals surface area (Å²) in [4.78, 5) is 12.6. The molecule has 0 bridgehead atoms. The fourth-order valence-corrected chi connectivity index (χ4v) is 2.35. The first kappa shape index (κ1) is 13.6. The molecule has 0 spiro atoms. The standard InChI is InChI=1S/C15H14BrNO2/c1-9-4-3-5-12(17)14(9)15(18)11-8-10(16)6-7-13(11)19-2/h3-8H,17H2,1-2H3. The third-order valence-electron chi connectivity index (χ3n) is 2.94. The normalized spacial score (nSPS) is 10.3. The second-order valence-electron chi connectivity index (χ2n) is 4.21. The number of nitrogen functional groups attached to an aromatic ring is 1. The third kappa shape index (κ3) is 2.63. The summed E-state index contributed by atoms with van der Waals surface area (Å²) in [7, 11) is 1.54. The van der Waals surface area contributed by atoms with Crippen LogP contribution in [0.1, 0.15) is 21.5 Å². The zero-order valence-electron chi connectivity index (χ0n) is 10.7. The van der Waals surface area contributed by atoms with Crippen LogP contribution >= 0.6 is 15.9 Å². The van der Waals surface area contributed by atoms with Crippen molar-refractivity contribution in [1.82, 2.24) is 0 Å². The van der Waals surface area contributed by atoms with E-state index in [1.54, 1.807) is 25.3 Å². The molecule has 0 aromatic heterocycles. The van der Waals surface area contributed by atoms with E-state index in [0.29, 0.717) is 22.6 Å². The lowest BCUT2D eigenvalue weighted by Gasteiger charge is -2.11. The summed E-state index contributed by atoms with van der Waals surface area (Å²) in [6, 6.07) is 10.8. The highest BCUT2D eigenvalue weighted by atomic mass is 79.9. The van der Waals surface area contributed by atoms with Crippen molar-refractivity contribution in [2.24, 2.45) is 0 Å². The first-order chi connectivity index (χ1) is 9.04. The van der Waals surface area contributed by atoms with E-state index in [4.69, 9.17) is 10.5 Å². The maximum atomic E-state index is 12.6. The molecule has 98 valence electrons. The van der Waals surface area contributed by atoms with Crippen molar-refractivity contribution in [3.8, 4) is 5.75 Å². The number of methoxy groups -OCH3 is 1. The average molecular weight is 320 g/mol. The number of halogens is 1. The van der Waals surface area contributed by atoms with E-state index in [0.717, 1.165) is 10.0 Å². The number of aryl methyl sites for hydroxylation is 1. The van der Waals surface area contributed by atoms with Crippen LogP contribution in [0.25, 0.3) is 0 Å². The second kappa shape index (κ2) is 5.45. The smallest absolute Gasteiger partial charge is 0.199 e. The van der Waals surface area contributed by atoms with Gasteiger partial charge in [-0.3, -0.25) is 4.79 Å². The molecular weight excluding hydrogens is 306 g/mol. The molecule has 0 saturated heterocycles. The quantitative estimate of drug-likeness (QED) is 0.695. The Morgan fingerprint density at radius 1 is 1.26 bits per heavy atom. The van der Waals surface area contributed by atoms with Gasteiger partial charge in [-0.25, -0.2) is 0 Å². The molecule has 0 aliphatic rings. The van der Waals surface area contributed by atoms with E-state index in [-0.39, 0.29) is 5.78 Å². The van der Waals surface area contributed by atoms with Gasteiger partial charge in [-0.05, 0) is 36.8 Å². The number of carbonyl (C=O) groups excluding carboxylic acids is 1. The van der Waals surface area contributed by atoms with Gasteiger partial charge in [0, 0.05) is 15.7 Å². The number of hydrogen-bond acceptors (Lipinski definition) is 3. The van der Waals surface area contributed by atoms with Gasteiger partial charge < -0.3 is 10.5 Å². The predicted octanol–water partition coefficient (Wildman–Crippen LogP) is 3.58. The van der Waals surface area contributed by atoms with Gasteiger partial charge in [0.25, 0.3) is 0 Å². The lowest BCUT2D eigenvalue weighted by Crippen LogP contribution is -2.09. The maximum Gasteiger partial charge on any atom is 0.199 e. The molecule has 0 saturated carbocycles. The highest BCUT2D eigenvalue weighted by Crippen LogP contribution is 2.28. The summed E-state index contributed by atoms with van der Waals surface area (Å²) in [5, 5.41) is 0. The van der Waals surface area contributed by atoms with Crippen molar-refractivity contribution in [3.63, 3.8) is 0 Å². The first-order valence-corrected chi connectivity index (χ1v) is 6.57. The largest absolute Gasteiger partial charge is 0.496 e. The van der Waals surface area contributed by atoms with Crippen molar-refractivity contribution >= 4 is 27.4 Å². The van der Waals surface area contributed by atoms with Gasteiger partial charge in [-0.1, -0.05) is 28.1 Å². The summed E-state index contributed by atoms with van der Waals surface area (Å²) >= 11 is 3.36. The molecule has 2 rings (SSSR count). The van der Waals surface area contributed by atoms with Crippen LogP contribution in [-0.2, 0) is 0 Å². The molecule has 2 N–H and O–H groups in total. The highest BCUT2D eigenvalue weighted by molar-refractivity contribution is 9.10. The summed E-state index contributed by atoms with van der Waals surface area (Å²) in [6.07, 6.45) is 0. The number of nitrogens with two attached hydrogens (primary N) is 1. The van der Waals surface area contributed by atoms with E-state index in [1.807, 2.05) is 25.1 Å². The minimum atomic E-state index is -0.131. The number of carbonyl (C=O) groups is 1. The van der Waals surface area contributed by atoms with Gasteiger partial charge in [0.05, 0.1) is 12.7 Å². The average Bonchev–Trinajstić information content (AvgIpc) is 2.38. The zero-order chi connectivity index (χ0) is 14.0. The molecule has 0 unspecified atom stereocenters. The molecule has 2 aromatic carbocycles. The third-order valence-corrected chi connectivity index (χ3v) is 3.43. The van der Waals surface area contributed by atoms with Crippen LogP contribution in [0.3, 0.4) is 0 Å². The van der Waals surface area contributed by atoms with Crippen molar-refractivity contribution in [3.05, 3.63) is 57.6 Å². The fourth-order valence-electron chi connectivity index (χ4n) is 1.99. The highest BCUT2D eigenvalue weighted by Gasteiger charge is 2.18. The molecule has 0 radical (unpaired) electrons. The summed E-state index contributed by atoms with van der Waals surface area (Å²) in [6.45, 7) is 1.87. The minimum Gasteiger partial charge on any atom is -0.496 e. The van der Waals surface area contributed by atoms with Crippen molar-refractivity contribution < 1.29 is 9.53 Å². The molecule has 0 aliphatic carbocycles. The number of rotatable bonds is 3. The van der Waals surface area contributed by atoms with Crippen LogP contribution in [0.4, 0.5) is 5.69 Å². The molecule has 3 nitrogen and oxygen atoms in total. The summed E-state index contributed by atoms with van der Waals surface area (Å²) in [5.74, 6) is 0.407. The van der Waals surface area contributed by atoms with Crippen LogP contribution in [0.15, 0.2) is 40.9 Å². The van der Waals surface area contributed by atoms with E-state index < -0.39 is 0 Å². The number of benzene rings is 2. The molecule has 19 heavy (non-hydrogen) atoms. The Hall–Kier alpha value is -1.81. The SMILES string of the molecule is COc1ccc(Br)cc1C(=O)c1c(C)cccc1N. The predicted molar refractivity (Wildman–Crippen MR) is 79.7 cm³/mol. The van der Waals surface area contributed by atoms with Crippen LogP contribution in [0.5, 0.6) is 5.75 Å². The van der Waals surface area contributed by atoms with E-state index in [1.165, 1.54) is 0 Å². The summed E-state index contributed by atoms with van der Waals surface area (Å²) in [5.41, 5.74) is 8.27. The van der Waals surface area contributed by atoms with Gasteiger partial charge >= 0.3 is 0 Å². The Labute approximate surface area is 120 Å². The van der Waals surface area contributed by atoms with Crippen LogP contribution in [0, 0.1) is 6.92 Å². The van der Waals surface area contributed by atoms with Crippen molar-refractivity contribution in [1.29, 1.82) is 0 Å². The minimum absolute atomic E-state index is 0.131. The monoisotopic (exact) mass is 319 g/mol. The molecular formula is C15H14BrNO2. The van der Waals surface area contributed by atoms with E-state index >= 15 is 0 Å². The van der Waals surface area contributed by atoms with Crippen molar-refractivity contribution in [2.45, 2.75) is 6.92 Å². The van der Waals surface area contributed by atoms with Crippen LogP contribution in [0.2, 0.25) is 0 Å². The van der Waals surface area contributed by atoms with Gasteiger partial charge in [-0.2, -0.15) is 0 Å². The molecule has 0 aliphatic heterocycles. The zero-order valence-corrected chi connectivity index (χ0v) is 12.3. The lowest BCUT2D eigenvalue weighted by molar-refractivity contribution is 0.103. The van der Waals surface area contributed by atoms with Gasteiger partial charge in [0.1, 0.15) is 5.75 Å². The Kier molecular flexibility index (Phi) is 3.90. The van der Waals surface area contributed by atoms with Gasteiger partial charge in [-0.15, -0.1) is 0 Å². The Balaban J connectivity index is 2.59. The summed E-state index contributed by atoms with van der Waals surface area (Å²) < 4.78 is 6.06. The Morgan fingerprint density at radius 3 is 2.63 bits per heavy atom. The first-order valence-electron chi connectivity index (χ1n) is 5.78. The number of hydrogen-bond donors (Lipinski definition) is 1. The molecule has 0 fully saturated rings. The number of ketones is 1. The molecule has 0 atom stereocenters. The van der Waals surface area contributed by atoms with E-state index in [2.05, 4.69) is 15.9 Å². The topological polar surface area (TPSA) is 52.3 Å². The maximum absolute atomic E-state index is 12.6. The number of ether oxygens (including phenoxy) is 1. The van der Waals surface area contributed by atoms with Gasteiger partial charge in [0.15, 0.2) is 5.78 Å². The molecule has 0 heterocycles. The molecule has 2 aromatic rings. The molecule has 4 heteroatoms. The lowest BCUT2D eigenvalue weighted by atomic mass is 9.97. The van der Waals surface area contributed by atoms with Crippen molar-refractivity contribution in [2.75, 3.05) is 12.8 Å². The fraction of sp³-hybridized carbons (Fsp3) is 0.133. The van der Waals surface area contributed by atoms with Gasteiger partial charge in [0.2, 0.25) is 0 Å². The van der Waals surface area contributed by atoms with E-state index in [9.17, 15) is 4.79 Å². The van der Waals surface area contributed by atoms with Crippen LogP contribution in [-0.4, -0.2) is 12.9 Å².